The van der Waals surface area contributed by atoms with Crippen LogP contribution in [0.15, 0.2) is 91.0 Å². The molecule has 0 bridgehead atoms. The molecule has 4 aromatic rings. The van der Waals surface area contributed by atoms with Crippen molar-refractivity contribution in [3.8, 4) is 0 Å². The minimum Gasteiger partial charge on any atom is -0.758 e. The van der Waals surface area contributed by atoms with Crippen LogP contribution in [0.1, 0.15) is 103 Å². The van der Waals surface area contributed by atoms with Gasteiger partial charge in [0.05, 0.1) is 11.1 Å². The smallest absolute Gasteiger partial charge is 0.758 e. The van der Waals surface area contributed by atoms with Gasteiger partial charge in [-0.3, -0.25) is 4.90 Å². The summed E-state index contributed by atoms with van der Waals surface area (Å²) in [6.45, 7) is 20.4. The van der Waals surface area contributed by atoms with Crippen molar-refractivity contribution in [3.63, 3.8) is 0 Å². The molecule has 0 spiro atoms. The molecule has 5 rings (SSSR count). The van der Waals surface area contributed by atoms with Gasteiger partial charge in [-0.2, -0.15) is 26.3 Å². The zero-order chi connectivity index (χ0) is 45.3. The first-order chi connectivity index (χ1) is 27.6. The minimum absolute atomic E-state index is 0. The molecule has 1 heterocycles. The predicted octanol–water partition coefficient (Wildman–Crippen LogP) is 13.4. The number of alkyl halides is 6. The first-order valence-corrected chi connectivity index (χ1v) is 19.6. The quantitative estimate of drug-likeness (QED) is 0.120. The summed E-state index contributed by atoms with van der Waals surface area (Å²) in [5.41, 5.74) is 5.74. The molecule has 0 radical (unpaired) electrons. The van der Waals surface area contributed by atoms with E-state index in [2.05, 4.69) is 4.90 Å². The van der Waals surface area contributed by atoms with Crippen LogP contribution in [0.2, 0.25) is 0 Å². The molecule has 16 heteroatoms. The second kappa shape index (κ2) is 22.5. The summed E-state index contributed by atoms with van der Waals surface area (Å²) in [5, 5.41) is 43.1. The van der Waals surface area contributed by atoms with E-state index in [4.69, 9.17) is 10.5 Å². The van der Waals surface area contributed by atoms with Gasteiger partial charge in [-0.25, -0.2) is 0 Å². The van der Waals surface area contributed by atoms with Gasteiger partial charge in [0.2, 0.25) is 0 Å². The second-order valence-corrected chi connectivity index (χ2v) is 17.5. The van der Waals surface area contributed by atoms with Crippen LogP contribution in [0.3, 0.4) is 0 Å². The average molecular weight is 986 g/mol. The zero-order valence-electron chi connectivity index (χ0n) is 36.3. The SMILES string of the molecule is C1CCOC1.CC(C)(C)N([O-])c1ccccc1CN(Cc1ccccc1N([O-])C(C)(C)C)Cc1ccccc1N([O-])C(C)(C)C.[Ce+4].[NH-]c1cc(C(F)(F)F)cc(C(F)(F)F)c1. The van der Waals surface area contributed by atoms with Crippen LogP contribution < -0.4 is 15.2 Å². The number of benzene rings is 4. The summed E-state index contributed by atoms with van der Waals surface area (Å²) in [6.07, 6.45) is -7.20. The molecular weight excluding hydrogens is 929 g/mol. The van der Waals surface area contributed by atoms with Gasteiger partial charge in [-0.15, -0.1) is 5.69 Å². The number of nitrogens with zero attached hydrogens (tertiary/aromatic N) is 4. The van der Waals surface area contributed by atoms with Crippen LogP contribution in [0.5, 0.6) is 0 Å². The Morgan fingerprint density at radius 1 is 0.508 bits per heavy atom. The molecule has 0 unspecified atom stereocenters. The Morgan fingerprint density at radius 2 is 0.787 bits per heavy atom. The largest absolute Gasteiger partial charge is 4.00 e. The molecule has 61 heavy (non-hydrogen) atoms. The number of anilines is 3. The summed E-state index contributed by atoms with van der Waals surface area (Å²) in [7, 11) is 0. The maximum absolute atomic E-state index is 13.3. The van der Waals surface area contributed by atoms with Crippen molar-refractivity contribution in [1.82, 2.24) is 4.90 Å². The molecule has 0 aliphatic carbocycles. The Hall–Kier alpha value is -3.16. The third-order valence-electron chi connectivity index (χ3n) is 9.06. The van der Waals surface area contributed by atoms with Gasteiger partial charge in [0.1, 0.15) is 0 Å². The van der Waals surface area contributed by atoms with Crippen molar-refractivity contribution in [1.29, 1.82) is 0 Å². The zero-order valence-corrected chi connectivity index (χ0v) is 39.4. The van der Waals surface area contributed by atoms with Gasteiger partial charge >= 0.3 is 54.1 Å². The normalized spacial score (nSPS) is 13.4. The molecule has 1 saturated heterocycles. The fourth-order valence-electron chi connectivity index (χ4n) is 5.97. The maximum Gasteiger partial charge on any atom is 4.00 e. The summed E-state index contributed by atoms with van der Waals surface area (Å²) < 4.78 is 77.5. The van der Waals surface area contributed by atoms with E-state index in [-0.39, 0.29) is 47.8 Å². The molecular formula is C45H57CeF6N5O4. The summed E-state index contributed by atoms with van der Waals surface area (Å²) in [4.78, 5) is 2.19. The van der Waals surface area contributed by atoms with Crippen molar-refractivity contribution >= 4 is 22.7 Å². The van der Waals surface area contributed by atoms with Gasteiger partial charge in [0, 0.05) is 66.5 Å². The molecule has 1 N–H and O–H groups in total. The molecule has 0 aromatic heterocycles. The molecule has 0 atom stereocenters. The predicted molar refractivity (Wildman–Crippen MR) is 230 cm³/mol. The molecule has 0 amide bonds. The van der Waals surface area contributed by atoms with E-state index in [0.29, 0.717) is 48.8 Å². The third-order valence-corrected chi connectivity index (χ3v) is 9.06. The Labute approximate surface area is 390 Å². The van der Waals surface area contributed by atoms with Gasteiger partial charge in [-0.1, -0.05) is 66.7 Å². The Kier molecular flexibility index (Phi) is 19.9. The maximum atomic E-state index is 13.3. The molecule has 332 valence electrons. The van der Waals surface area contributed by atoms with Crippen LogP contribution in [0.4, 0.5) is 49.1 Å². The van der Waals surface area contributed by atoms with Crippen LogP contribution in [0.25, 0.3) is 5.73 Å². The standard InChI is InChI=1S/C33H45N4O3.C8H4F6N.C4H8O.Ce/c1-31(2,3)35(38)28-19-13-10-16-25(28)22-34(23-26-17-11-14-20-29(26)36(39)32(4,5)6)24-27-18-12-15-21-30(27)37(40)33(7,8)9;9-7(10,11)4-1-5(8(12,13)14)3-6(15)2-4;1-2-4-5-3-1;/h10-21H,22-24H2,1-9H3;1-3,15H;1-4H2;/q-3;-1;;+4. The van der Waals surface area contributed by atoms with E-state index in [1.54, 1.807) is 0 Å². The van der Waals surface area contributed by atoms with Gasteiger partial charge in [-0.05, 0) is 116 Å². The van der Waals surface area contributed by atoms with Crippen LogP contribution in [-0.2, 0) is 36.7 Å². The Balaban J connectivity index is 0.000000499. The molecule has 9 nitrogen and oxygen atoms in total. The van der Waals surface area contributed by atoms with E-state index in [0.717, 1.165) is 45.1 Å². The third kappa shape index (κ3) is 16.8. The summed E-state index contributed by atoms with van der Waals surface area (Å²) >= 11 is 0. The summed E-state index contributed by atoms with van der Waals surface area (Å²) in [5.74, 6) is 0. The van der Waals surface area contributed by atoms with Crippen molar-refractivity contribution in [2.24, 2.45) is 0 Å². The van der Waals surface area contributed by atoms with E-state index in [1.165, 1.54) is 12.8 Å². The first-order valence-electron chi connectivity index (χ1n) is 19.6. The monoisotopic (exact) mass is 985 g/mol. The number of halogens is 6. The van der Waals surface area contributed by atoms with Crippen molar-refractivity contribution in [3.05, 3.63) is 140 Å². The number of ether oxygens (including phenoxy) is 1. The van der Waals surface area contributed by atoms with E-state index in [9.17, 15) is 42.0 Å². The molecule has 0 saturated carbocycles. The number of nitrogens with one attached hydrogen (secondary N) is 1. The van der Waals surface area contributed by atoms with Crippen molar-refractivity contribution < 1.29 is 72.8 Å². The van der Waals surface area contributed by atoms with Gasteiger partial charge in [0.15, 0.2) is 0 Å². The molecule has 1 aliphatic heterocycles. The van der Waals surface area contributed by atoms with Crippen LogP contribution >= 0.6 is 0 Å². The molecule has 1 fully saturated rings. The number of hydrogen-bond acceptors (Lipinski definition) is 8. The first kappa shape index (κ1) is 54.0. The number of rotatable bonds is 9. The number of hydrogen-bond donors (Lipinski definition) is 0. The van der Waals surface area contributed by atoms with Crippen molar-refractivity contribution in [2.45, 2.75) is 124 Å². The van der Waals surface area contributed by atoms with Gasteiger partial charge in [0.25, 0.3) is 0 Å². The topological polar surface area (TPSA) is 115 Å². The molecule has 1 aliphatic rings. The number of para-hydroxylation sites is 3. The number of hydroxylamine groups is 3. The Bertz CT molecular complexity index is 1760. The Morgan fingerprint density at radius 3 is 1.02 bits per heavy atom. The van der Waals surface area contributed by atoms with Crippen LogP contribution in [0, 0.1) is 57.4 Å². The minimum atomic E-state index is -4.88. The van der Waals surface area contributed by atoms with Gasteiger partial charge < -0.3 is 41.3 Å². The molecule has 4 aromatic carbocycles. The second-order valence-electron chi connectivity index (χ2n) is 17.5. The fraction of sp³-hybridized carbons (Fsp3) is 0.467. The average Bonchev–Trinajstić information content (AvgIpc) is 3.74. The summed E-state index contributed by atoms with van der Waals surface area (Å²) in [6, 6.07) is 23.6. The van der Waals surface area contributed by atoms with Crippen molar-refractivity contribution in [2.75, 3.05) is 28.4 Å². The van der Waals surface area contributed by atoms with Crippen LogP contribution in [-0.4, -0.2) is 34.7 Å². The van der Waals surface area contributed by atoms with E-state index < -0.39 is 45.8 Å². The van der Waals surface area contributed by atoms with E-state index in [1.807, 2.05) is 135 Å². The van der Waals surface area contributed by atoms with E-state index >= 15 is 0 Å². The fourth-order valence-corrected chi connectivity index (χ4v) is 5.97.